The highest BCUT2D eigenvalue weighted by atomic mass is 32.2. The summed E-state index contributed by atoms with van der Waals surface area (Å²) in [6.45, 7) is -0.527. The van der Waals surface area contributed by atoms with E-state index in [9.17, 15) is 23.3 Å². The quantitative estimate of drug-likeness (QED) is 0.562. The highest BCUT2D eigenvalue weighted by molar-refractivity contribution is 7.91. The summed E-state index contributed by atoms with van der Waals surface area (Å²) in [5.41, 5.74) is 0. The number of hydrogen-bond donors (Lipinski definition) is 1. The standard InChI is InChI=1S/C10H14N4O6S/c1-12-6-11-9(14(17)18)10(12)13(4-8(15)16)7-2-3-21(19,20)5-7/h6-7H,2-5H2,1H3,(H,15,16). The zero-order valence-corrected chi connectivity index (χ0v) is 12.0. The summed E-state index contributed by atoms with van der Waals surface area (Å²) >= 11 is 0. The summed E-state index contributed by atoms with van der Waals surface area (Å²) in [5.74, 6) is -1.95. The van der Waals surface area contributed by atoms with Crippen LogP contribution in [0.25, 0.3) is 0 Å². The minimum atomic E-state index is -3.25. The predicted molar refractivity (Wildman–Crippen MR) is 71.9 cm³/mol. The summed E-state index contributed by atoms with van der Waals surface area (Å²) in [4.78, 5) is 26.2. The lowest BCUT2D eigenvalue weighted by Gasteiger charge is -2.27. The fraction of sp³-hybridized carbons (Fsp3) is 0.600. The van der Waals surface area contributed by atoms with E-state index < -0.39 is 39.1 Å². The maximum atomic E-state index is 11.6. The fourth-order valence-electron chi connectivity index (χ4n) is 2.42. The number of carboxylic acid groups (broad SMARTS) is 1. The number of imidazole rings is 1. The van der Waals surface area contributed by atoms with Gasteiger partial charge in [-0.15, -0.1) is 0 Å². The van der Waals surface area contributed by atoms with E-state index in [1.807, 2.05) is 0 Å². The minimum Gasteiger partial charge on any atom is -0.480 e. The third-order valence-electron chi connectivity index (χ3n) is 3.29. The van der Waals surface area contributed by atoms with Crippen LogP contribution in [-0.4, -0.2) is 58.1 Å². The Morgan fingerprint density at radius 2 is 2.33 bits per heavy atom. The molecule has 11 heteroatoms. The first-order valence-corrected chi connectivity index (χ1v) is 7.88. The molecule has 21 heavy (non-hydrogen) atoms. The minimum absolute atomic E-state index is 0.00417. The van der Waals surface area contributed by atoms with Gasteiger partial charge < -0.3 is 20.1 Å². The van der Waals surface area contributed by atoms with Gasteiger partial charge in [-0.1, -0.05) is 0 Å². The second-order valence-electron chi connectivity index (χ2n) is 4.84. The number of hydrogen-bond acceptors (Lipinski definition) is 7. The van der Waals surface area contributed by atoms with E-state index in [0.29, 0.717) is 0 Å². The molecule has 1 fully saturated rings. The van der Waals surface area contributed by atoms with Crippen molar-refractivity contribution in [3.05, 3.63) is 16.4 Å². The predicted octanol–water partition coefficient (Wildman–Crippen LogP) is -0.594. The molecule has 10 nitrogen and oxygen atoms in total. The van der Waals surface area contributed by atoms with Gasteiger partial charge in [0.2, 0.25) is 12.1 Å². The molecule has 1 aromatic heterocycles. The normalized spacial score (nSPS) is 20.3. The number of nitro groups is 1. The van der Waals surface area contributed by atoms with Crippen LogP contribution in [0.3, 0.4) is 0 Å². The molecule has 0 bridgehead atoms. The number of carbonyl (C=O) groups is 1. The van der Waals surface area contributed by atoms with Crippen molar-refractivity contribution in [1.82, 2.24) is 9.55 Å². The molecular formula is C10H14N4O6S. The van der Waals surface area contributed by atoms with E-state index in [4.69, 9.17) is 5.11 Å². The van der Waals surface area contributed by atoms with Crippen molar-refractivity contribution in [3.8, 4) is 0 Å². The molecule has 2 heterocycles. The molecule has 0 amide bonds. The summed E-state index contributed by atoms with van der Waals surface area (Å²) < 4.78 is 24.5. The molecule has 0 radical (unpaired) electrons. The number of aliphatic carboxylic acids is 1. The van der Waals surface area contributed by atoms with E-state index in [0.717, 1.165) is 0 Å². The highest BCUT2D eigenvalue weighted by Crippen LogP contribution is 2.30. The molecule has 1 saturated heterocycles. The van der Waals surface area contributed by atoms with Crippen LogP contribution in [0.15, 0.2) is 6.33 Å². The van der Waals surface area contributed by atoms with E-state index in [2.05, 4.69) is 4.98 Å². The second-order valence-corrected chi connectivity index (χ2v) is 7.07. The van der Waals surface area contributed by atoms with Gasteiger partial charge in [-0.2, -0.15) is 0 Å². The first-order valence-electron chi connectivity index (χ1n) is 6.06. The lowest BCUT2D eigenvalue weighted by molar-refractivity contribution is -0.388. The van der Waals surface area contributed by atoms with E-state index in [-0.39, 0.29) is 23.7 Å². The highest BCUT2D eigenvalue weighted by Gasteiger charge is 2.38. The Balaban J connectivity index is 2.44. The van der Waals surface area contributed by atoms with Crippen molar-refractivity contribution >= 4 is 27.4 Å². The maximum absolute atomic E-state index is 11.6. The molecule has 1 unspecified atom stereocenters. The fourth-order valence-corrected chi connectivity index (χ4v) is 4.15. The number of sulfone groups is 1. The van der Waals surface area contributed by atoms with Crippen molar-refractivity contribution in [2.45, 2.75) is 12.5 Å². The molecule has 0 aromatic carbocycles. The number of carboxylic acids is 1. The summed E-state index contributed by atoms with van der Waals surface area (Å²) in [5, 5.41) is 20.0. The van der Waals surface area contributed by atoms with Crippen LogP contribution in [0.5, 0.6) is 0 Å². The molecule has 1 atom stereocenters. The Kier molecular flexibility index (Phi) is 3.85. The van der Waals surface area contributed by atoms with Gasteiger partial charge in [-0.25, -0.2) is 8.42 Å². The van der Waals surface area contributed by atoms with Crippen LogP contribution in [0, 0.1) is 10.1 Å². The van der Waals surface area contributed by atoms with Crippen LogP contribution >= 0.6 is 0 Å². The van der Waals surface area contributed by atoms with Crippen molar-refractivity contribution in [2.24, 2.45) is 7.05 Å². The summed E-state index contributed by atoms with van der Waals surface area (Å²) in [6.07, 6.45) is 1.43. The third-order valence-corrected chi connectivity index (χ3v) is 5.04. The maximum Gasteiger partial charge on any atom is 0.406 e. The first kappa shape index (κ1) is 15.2. The number of nitrogens with zero attached hydrogens (tertiary/aromatic N) is 4. The summed E-state index contributed by atoms with van der Waals surface area (Å²) in [6, 6.07) is -0.611. The molecular weight excluding hydrogens is 304 g/mol. The zero-order valence-electron chi connectivity index (χ0n) is 11.2. The Morgan fingerprint density at radius 1 is 1.67 bits per heavy atom. The molecule has 0 spiro atoms. The Labute approximate surface area is 120 Å². The van der Waals surface area contributed by atoms with Gasteiger partial charge >= 0.3 is 11.8 Å². The number of aromatic nitrogens is 2. The first-order chi connectivity index (χ1) is 9.71. The summed E-state index contributed by atoms with van der Waals surface area (Å²) in [7, 11) is -1.75. The number of rotatable bonds is 5. The molecule has 1 N–H and O–H groups in total. The van der Waals surface area contributed by atoms with Crippen LogP contribution in [0.1, 0.15) is 6.42 Å². The van der Waals surface area contributed by atoms with Crippen LogP contribution in [0.2, 0.25) is 0 Å². The zero-order chi connectivity index (χ0) is 15.8. The van der Waals surface area contributed by atoms with E-state index in [1.54, 1.807) is 0 Å². The second kappa shape index (κ2) is 5.31. The molecule has 0 saturated carbocycles. The van der Waals surface area contributed by atoms with Crippen LogP contribution < -0.4 is 4.90 Å². The van der Waals surface area contributed by atoms with Crippen molar-refractivity contribution in [3.63, 3.8) is 0 Å². The molecule has 2 rings (SSSR count). The van der Waals surface area contributed by atoms with Crippen LogP contribution in [0.4, 0.5) is 11.6 Å². The number of aryl methyl sites for hydroxylation is 1. The Morgan fingerprint density at radius 3 is 2.81 bits per heavy atom. The van der Waals surface area contributed by atoms with E-state index >= 15 is 0 Å². The third kappa shape index (κ3) is 3.12. The van der Waals surface area contributed by atoms with Crippen molar-refractivity contribution < 1.29 is 23.2 Å². The molecule has 116 valence electrons. The van der Waals surface area contributed by atoms with Gasteiger partial charge in [-0.3, -0.25) is 9.36 Å². The van der Waals surface area contributed by atoms with E-state index in [1.165, 1.54) is 22.8 Å². The van der Waals surface area contributed by atoms with Gasteiger partial charge in [-0.05, 0) is 16.3 Å². The smallest absolute Gasteiger partial charge is 0.406 e. The van der Waals surface area contributed by atoms with Gasteiger partial charge in [0.05, 0.1) is 11.5 Å². The monoisotopic (exact) mass is 318 g/mol. The number of anilines is 1. The van der Waals surface area contributed by atoms with Gasteiger partial charge in [0.1, 0.15) is 6.54 Å². The molecule has 0 aliphatic carbocycles. The topological polar surface area (TPSA) is 136 Å². The average molecular weight is 318 g/mol. The lowest BCUT2D eigenvalue weighted by atomic mass is 10.2. The van der Waals surface area contributed by atoms with Crippen LogP contribution in [-0.2, 0) is 21.7 Å². The van der Waals surface area contributed by atoms with Gasteiger partial charge in [0.25, 0.3) is 0 Å². The Bertz CT molecular complexity index is 682. The Hall–Kier alpha value is -2.17. The van der Waals surface area contributed by atoms with Gasteiger partial charge in [0, 0.05) is 13.1 Å². The van der Waals surface area contributed by atoms with Gasteiger partial charge in [0.15, 0.2) is 9.84 Å². The van der Waals surface area contributed by atoms with Crippen molar-refractivity contribution in [1.29, 1.82) is 0 Å². The molecule has 1 aromatic rings. The largest absolute Gasteiger partial charge is 0.480 e. The average Bonchev–Trinajstić information content (AvgIpc) is 2.89. The SMILES string of the molecule is Cn1cnc([N+](=O)[O-])c1N(CC(=O)O)C1CCS(=O)(=O)C1. The molecule has 1 aliphatic rings. The van der Waals surface area contributed by atoms with Crippen molar-refractivity contribution in [2.75, 3.05) is 23.0 Å². The lowest BCUT2D eigenvalue weighted by Crippen LogP contribution is -2.41. The molecule has 1 aliphatic heterocycles.